The first-order chi connectivity index (χ1) is 8.72. The Morgan fingerprint density at radius 1 is 1.53 bits per heavy atom. The molecule has 0 aliphatic carbocycles. The van der Waals surface area contributed by atoms with Gasteiger partial charge in [0.2, 0.25) is 0 Å². The molecule has 2 atom stereocenters. The molecule has 0 aromatic rings. The second-order valence-corrected chi connectivity index (χ2v) is 4.03. The summed E-state index contributed by atoms with van der Waals surface area (Å²) in [6.45, 7) is -0.436. The molecule has 1 rings (SSSR count). The molecule has 1 N–H and O–H groups in total. The van der Waals surface area contributed by atoms with Crippen LogP contribution in [0.2, 0.25) is 0 Å². The Morgan fingerprint density at radius 2 is 2.16 bits per heavy atom. The molecule has 0 unspecified atom stereocenters. The summed E-state index contributed by atoms with van der Waals surface area (Å²) in [4.78, 5) is 23.7. The summed E-state index contributed by atoms with van der Waals surface area (Å²) in [5, 5.41) is 8.90. The van der Waals surface area contributed by atoms with Gasteiger partial charge in [-0.1, -0.05) is 0 Å². The van der Waals surface area contributed by atoms with Crippen LogP contribution in [-0.2, 0) is 19.1 Å². The third-order valence-corrected chi connectivity index (χ3v) is 2.54. The third-order valence-electron chi connectivity index (χ3n) is 2.54. The van der Waals surface area contributed by atoms with Gasteiger partial charge in [-0.05, 0) is 6.92 Å². The fourth-order valence-corrected chi connectivity index (χ4v) is 1.60. The van der Waals surface area contributed by atoms with Crippen LogP contribution in [0.4, 0.5) is 13.2 Å². The normalized spacial score (nSPS) is 22.1. The van der Waals surface area contributed by atoms with Gasteiger partial charge in [0, 0.05) is 6.54 Å². The number of ether oxygens (including phenoxy) is 2. The quantitative estimate of drug-likeness (QED) is 0.802. The minimum atomic E-state index is -4.54. The fraction of sp³-hybridized carbons (Fsp3) is 0.800. The number of aliphatic carboxylic acids is 1. The highest BCUT2D eigenvalue weighted by atomic mass is 19.4. The molecule has 1 aliphatic rings. The van der Waals surface area contributed by atoms with Gasteiger partial charge in [-0.15, -0.1) is 0 Å². The van der Waals surface area contributed by atoms with E-state index in [1.807, 2.05) is 0 Å². The van der Waals surface area contributed by atoms with Crippen molar-refractivity contribution in [3.05, 3.63) is 0 Å². The number of nitrogens with zero attached hydrogens (tertiary/aromatic N) is 1. The first-order valence-electron chi connectivity index (χ1n) is 5.52. The van der Waals surface area contributed by atoms with E-state index >= 15 is 0 Å². The molecule has 0 aromatic heterocycles. The van der Waals surface area contributed by atoms with E-state index in [-0.39, 0.29) is 19.8 Å². The number of alkyl halides is 3. The van der Waals surface area contributed by atoms with E-state index < -0.39 is 36.8 Å². The zero-order valence-electron chi connectivity index (χ0n) is 10.1. The highest BCUT2D eigenvalue weighted by Gasteiger charge is 2.36. The Labute approximate surface area is 107 Å². The van der Waals surface area contributed by atoms with E-state index in [0.717, 1.165) is 11.8 Å². The SMILES string of the molecule is C[C@@H](OCC(F)(F)F)C(=O)N1CCOC[C@H]1C(=O)O. The van der Waals surface area contributed by atoms with Gasteiger partial charge in [-0.3, -0.25) is 4.79 Å². The average Bonchev–Trinajstić information content (AvgIpc) is 2.34. The van der Waals surface area contributed by atoms with E-state index in [4.69, 9.17) is 9.84 Å². The minimum absolute atomic E-state index is 0.00944. The lowest BCUT2D eigenvalue weighted by Gasteiger charge is -2.34. The molecule has 0 saturated carbocycles. The van der Waals surface area contributed by atoms with Gasteiger partial charge in [-0.25, -0.2) is 4.79 Å². The molecule has 0 radical (unpaired) electrons. The van der Waals surface area contributed by atoms with Crippen LogP contribution in [0.25, 0.3) is 0 Å². The number of carboxylic acid groups (broad SMARTS) is 1. The Bertz CT molecular complexity index is 347. The van der Waals surface area contributed by atoms with Crippen molar-refractivity contribution in [3.8, 4) is 0 Å². The van der Waals surface area contributed by atoms with Crippen LogP contribution in [0.1, 0.15) is 6.92 Å². The number of carbonyl (C=O) groups is 2. The molecule has 19 heavy (non-hydrogen) atoms. The number of amides is 1. The molecule has 1 amide bonds. The van der Waals surface area contributed by atoms with Crippen LogP contribution >= 0.6 is 0 Å². The number of hydrogen-bond donors (Lipinski definition) is 1. The standard InChI is InChI=1S/C10H14F3NO5/c1-6(19-5-10(11,12)13)8(15)14-2-3-18-4-7(14)9(16)17/h6-7H,2-5H2,1H3,(H,16,17)/t6-,7+/m1/s1. The van der Waals surface area contributed by atoms with Crippen LogP contribution in [0.3, 0.4) is 0 Å². The van der Waals surface area contributed by atoms with Gasteiger partial charge in [0.1, 0.15) is 12.7 Å². The van der Waals surface area contributed by atoms with Crippen molar-refractivity contribution in [1.82, 2.24) is 4.90 Å². The lowest BCUT2D eigenvalue weighted by atomic mass is 10.2. The van der Waals surface area contributed by atoms with Gasteiger partial charge in [-0.2, -0.15) is 13.2 Å². The summed E-state index contributed by atoms with van der Waals surface area (Å²) in [5.74, 6) is -2.06. The molecule has 110 valence electrons. The van der Waals surface area contributed by atoms with Crippen LogP contribution in [-0.4, -0.2) is 66.6 Å². The Morgan fingerprint density at radius 3 is 2.68 bits per heavy atom. The van der Waals surface area contributed by atoms with Gasteiger partial charge in [0.25, 0.3) is 5.91 Å². The maximum Gasteiger partial charge on any atom is 0.411 e. The predicted octanol–water partition coefficient (Wildman–Crippen LogP) is 0.266. The van der Waals surface area contributed by atoms with Gasteiger partial charge in [0.05, 0.1) is 13.2 Å². The maximum absolute atomic E-state index is 12.0. The van der Waals surface area contributed by atoms with E-state index in [9.17, 15) is 22.8 Å². The van der Waals surface area contributed by atoms with Crippen molar-refractivity contribution in [2.45, 2.75) is 25.2 Å². The monoisotopic (exact) mass is 285 g/mol. The minimum Gasteiger partial charge on any atom is -0.480 e. The molecule has 0 spiro atoms. The van der Waals surface area contributed by atoms with Crippen molar-refractivity contribution in [2.75, 3.05) is 26.4 Å². The highest BCUT2D eigenvalue weighted by Crippen LogP contribution is 2.17. The summed E-state index contributed by atoms with van der Waals surface area (Å²) in [7, 11) is 0. The van der Waals surface area contributed by atoms with Crippen molar-refractivity contribution < 1.29 is 37.3 Å². The number of carboxylic acids is 1. The fourth-order valence-electron chi connectivity index (χ4n) is 1.60. The maximum atomic E-state index is 12.0. The van der Waals surface area contributed by atoms with E-state index in [0.29, 0.717) is 0 Å². The first kappa shape index (κ1) is 15.7. The lowest BCUT2D eigenvalue weighted by molar-refractivity contribution is -0.192. The smallest absolute Gasteiger partial charge is 0.411 e. The summed E-state index contributed by atoms with van der Waals surface area (Å²) in [6.07, 6.45) is -5.90. The first-order valence-corrected chi connectivity index (χ1v) is 5.52. The average molecular weight is 285 g/mol. The summed E-state index contributed by atoms with van der Waals surface area (Å²) < 4.78 is 45.2. The second-order valence-electron chi connectivity index (χ2n) is 4.03. The van der Waals surface area contributed by atoms with Crippen molar-refractivity contribution >= 4 is 11.9 Å². The molecule has 6 nitrogen and oxygen atoms in total. The van der Waals surface area contributed by atoms with E-state index in [2.05, 4.69) is 4.74 Å². The van der Waals surface area contributed by atoms with Crippen LogP contribution in [0.5, 0.6) is 0 Å². The molecule has 1 saturated heterocycles. The predicted molar refractivity (Wildman–Crippen MR) is 55.4 cm³/mol. The number of morpholine rings is 1. The number of hydrogen-bond acceptors (Lipinski definition) is 4. The highest BCUT2D eigenvalue weighted by molar-refractivity contribution is 5.86. The molecular weight excluding hydrogens is 271 g/mol. The number of halogens is 3. The summed E-state index contributed by atoms with van der Waals surface area (Å²) in [6, 6.07) is -1.20. The molecular formula is C10H14F3NO5. The Kier molecular flexibility index (Phi) is 5.12. The molecule has 1 fully saturated rings. The molecule has 9 heteroatoms. The lowest BCUT2D eigenvalue weighted by Crippen LogP contribution is -2.55. The van der Waals surface area contributed by atoms with E-state index in [1.54, 1.807) is 0 Å². The van der Waals surface area contributed by atoms with Gasteiger partial charge in [0.15, 0.2) is 6.04 Å². The summed E-state index contributed by atoms with van der Waals surface area (Å²) >= 11 is 0. The number of rotatable bonds is 4. The van der Waals surface area contributed by atoms with Crippen LogP contribution < -0.4 is 0 Å². The summed E-state index contributed by atoms with van der Waals surface area (Å²) in [5.41, 5.74) is 0. The van der Waals surface area contributed by atoms with E-state index in [1.165, 1.54) is 0 Å². The molecule has 0 bridgehead atoms. The molecule has 1 aliphatic heterocycles. The van der Waals surface area contributed by atoms with Crippen molar-refractivity contribution in [1.29, 1.82) is 0 Å². The zero-order valence-corrected chi connectivity index (χ0v) is 10.1. The van der Waals surface area contributed by atoms with Crippen molar-refractivity contribution in [3.63, 3.8) is 0 Å². The van der Waals surface area contributed by atoms with Gasteiger partial charge < -0.3 is 19.5 Å². The zero-order chi connectivity index (χ0) is 14.6. The third kappa shape index (κ3) is 4.67. The van der Waals surface area contributed by atoms with Crippen molar-refractivity contribution in [2.24, 2.45) is 0 Å². The topological polar surface area (TPSA) is 76.1 Å². The Balaban J connectivity index is 2.61. The molecule has 0 aromatic carbocycles. The largest absolute Gasteiger partial charge is 0.480 e. The van der Waals surface area contributed by atoms with Crippen LogP contribution in [0, 0.1) is 0 Å². The number of carbonyl (C=O) groups excluding carboxylic acids is 1. The molecule has 1 heterocycles. The van der Waals surface area contributed by atoms with Crippen LogP contribution in [0.15, 0.2) is 0 Å². The second kappa shape index (κ2) is 6.20. The van der Waals surface area contributed by atoms with Gasteiger partial charge >= 0.3 is 12.1 Å². The Hall–Kier alpha value is -1.35.